The van der Waals surface area contributed by atoms with Crippen LogP contribution in [0, 0.1) is 5.82 Å². The summed E-state index contributed by atoms with van der Waals surface area (Å²) in [5, 5.41) is 0. The van der Waals surface area contributed by atoms with Gasteiger partial charge in [0, 0.05) is 31.1 Å². The van der Waals surface area contributed by atoms with E-state index in [1.165, 1.54) is 17.7 Å². The van der Waals surface area contributed by atoms with Gasteiger partial charge in [-0.05, 0) is 42.3 Å². The van der Waals surface area contributed by atoms with Crippen LogP contribution < -0.4 is 4.31 Å². The maximum absolute atomic E-state index is 13.1. The molecule has 0 radical (unpaired) electrons. The first kappa shape index (κ1) is 14.7. The maximum atomic E-state index is 13.1. The van der Waals surface area contributed by atoms with Gasteiger partial charge in [0.2, 0.25) is 0 Å². The minimum atomic E-state index is -0.215. The number of benzene rings is 2. The molecule has 110 valence electrons. The molecule has 0 bridgehead atoms. The van der Waals surface area contributed by atoms with Crippen LogP contribution in [0.15, 0.2) is 48.5 Å². The molecule has 0 aromatic heterocycles. The van der Waals surface area contributed by atoms with Gasteiger partial charge in [-0.25, -0.2) is 8.70 Å². The van der Waals surface area contributed by atoms with Crippen molar-refractivity contribution in [3.8, 4) is 0 Å². The molecular weight excluding hydrogens is 307 g/mol. The van der Waals surface area contributed by atoms with Crippen molar-refractivity contribution in [3.63, 3.8) is 0 Å². The molecule has 1 aliphatic rings. The molecule has 0 atom stereocenters. The zero-order valence-electron chi connectivity index (χ0n) is 11.5. The van der Waals surface area contributed by atoms with Crippen LogP contribution in [0.4, 0.5) is 15.8 Å². The lowest BCUT2D eigenvalue weighted by molar-refractivity contribution is 0.461. The zero-order chi connectivity index (χ0) is 14.7. The molecule has 2 aromatic rings. The zero-order valence-corrected chi connectivity index (χ0v) is 13.1. The average Bonchev–Trinajstić information content (AvgIpc) is 2.53. The van der Waals surface area contributed by atoms with Crippen LogP contribution in [0.1, 0.15) is 12.0 Å². The van der Waals surface area contributed by atoms with E-state index in [9.17, 15) is 4.39 Å². The number of hydrogen-bond donors (Lipinski definition) is 0. The first-order valence-electron chi connectivity index (χ1n) is 6.90. The summed E-state index contributed by atoms with van der Waals surface area (Å²) < 4.78 is 17.6. The summed E-state index contributed by atoms with van der Waals surface area (Å²) in [6.07, 6.45) is 0.952. The molecule has 1 aliphatic heterocycles. The Morgan fingerprint density at radius 2 is 1.86 bits per heavy atom. The van der Waals surface area contributed by atoms with Gasteiger partial charge < -0.3 is 0 Å². The number of para-hydroxylation sites is 1. The summed E-state index contributed by atoms with van der Waals surface area (Å²) in [4.78, 5) is 0. The standard InChI is InChI=1S/C16H16ClFN2S/c17-10-3-11-19-12-13-4-1-2-5-16(13)20(21-19)15-8-6-14(18)7-9-15/h1-2,4-9H,3,10-12H2. The Morgan fingerprint density at radius 1 is 1.10 bits per heavy atom. The van der Waals surface area contributed by atoms with Crippen molar-refractivity contribution in [2.75, 3.05) is 16.7 Å². The fourth-order valence-electron chi connectivity index (χ4n) is 2.34. The number of rotatable bonds is 4. The third-order valence-electron chi connectivity index (χ3n) is 3.36. The first-order valence-corrected chi connectivity index (χ1v) is 8.17. The third kappa shape index (κ3) is 3.34. The quantitative estimate of drug-likeness (QED) is 0.579. The van der Waals surface area contributed by atoms with Crippen LogP contribution in [0.25, 0.3) is 0 Å². The Bertz CT molecular complexity index is 605. The number of halogens is 2. The monoisotopic (exact) mass is 322 g/mol. The van der Waals surface area contributed by atoms with Crippen molar-refractivity contribution in [1.82, 2.24) is 4.31 Å². The van der Waals surface area contributed by atoms with Crippen molar-refractivity contribution in [1.29, 1.82) is 0 Å². The summed E-state index contributed by atoms with van der Waals surface area (Å²) in [5.74, 6) is 0.447. The van der Waals surface area contributed by atoms with Crippen molar-refractivity contribution < 1.29 is 4.39 Å². The van der Waals surface area contributed by atoms with Crippen molar-refractivity contribution in [3.05, 3.63) is 59.9 Å². The smallest absolute Gasteiger partial charge is 0.123 e. The molecule has 21 heavy (non-hydrogen) atoms. The number of anilines is 2. The molecule has 0 saturated carbocycles. The fourth-order valence-corrected chi connectivity index (χ4v) is 3.58. The van der Waals surface area contributed by atoms with E-state index in [4.69, 9.17) is 11.6 Å². The lowest BCUT2D eigenvalue weighted by atomic mass is 10.1. The van der Waals surface area contributed by atoms with Crippen LogP contribution >= 0.6 is 23.7 Å². The molecule has 0 amide bonds. The molecule has 0 spiro atoms. The predicted octanol–water partition coefficient (Wildman–Crippen LogP) is 4.97. The van der Waals surface area contributed by atoms with E-state index in [0.717, 1.165) is 30.9 Å². The Morgan fingerprint density at radius 3 is 2.62 bits per heavy atom. The molecule has 0 aliphatic carbocycles. The molecule has 5 heteroatoms. The highest BCUT2D eigenvalue weighted by molar-refractivity contribution is 7.98. The Labute approximate surface area is 133 Å². The molecule has 1 heterocycles. The highest BCUT2D eigenvalue weighted by Crippen LogP contribution is 2.41. The van der Waals surface area contributed by atoms with Gasteiger partial charge in [0.15, 0.2) is 0 Å². The Balaban J connectivity index is 1.92. The molecule has 0 N–H and O–H groups in total. The van der Waals surface area contributed by atoms with Gasteiger partial charge in [-0.2, -0.15) is 0 Å². The lowest BCUT2D eigenvalue weighted by Gasteiger charge is -2.36. The first-order chi connectivity index (χ1) is 10.3. The van der Waals surface area contributed by atoms with Crippen LogP contribution in [0.3, 0.4) is 0 Å². The van der Waals surface area contributed by atoms with E-state index < -0.39 is 0 Å². The fraction of sp³-hybridized carbons (Fsp3) is 0.250. The number of fused-ring (bicyclic) bond motifs is 1. The highest BCUT2D eigenvalue weighted by Gasteiger charge is 2.24. The van der Waals surface area contributed by atoms with Crippen LogP contribution in [0.2, 0.25) is 0 Å². The van der Waals surface area contributed by atoms with E-state index in [2.05, 4.69) is 26.8 Å². The van der Waals surface area contributed by atoms with Crippen LogP contribution in [-0.2, 0) is 6.54 Å². The molecule has 2 nitrogen and oxygen atoms in total. The van der Waals surface area contributed by atoms with Gasteiger partial charge in [-0.15, -0.1) is 11.6 Å². The van der Waals surface area contributed by atoms with Crippen molar-refractivity contribution in [2.45, 2.75) is 13.0 Å². The van der Waals surface area contributed by atoms with Crippen LogP contribution in [0.5, 0.6) is 0 Å². The number of hydrogen-bond acceptors (Lipinski definition) is 3. The average molecular weight is 323 g/mol. The van der Waals surface area contributed by atoms with Gasteiger partial charge in [0.05, 0.1) is 11.4 Å². The molecule has 0 fully saturated rings. The van der Waals surface area contributed by atoms with E-state index >= 15 is 0 Å². The molecule has 0 unspecified atom stereocenters. The summed E-state index contributed by atoms with van der Waals surface area (Å²) in [7, 11) is 0. The summed E-state index contributed by atoms with van der Waals surface area (Å²) in [6, 6.07) is 14.9. The van der Waals surface area contributed by atoms with Gasteiger partial charge in [-0.3, -0.25) is 4.31 Å². The maximum Gasteiger partial charge on any atom is 0.123 e. The normalized spacial score (nSPS) is 15.0. The minimum Gasteiger partial charge on any atom is -0.271 e. The Kier molecular flexibility index (Phi) is 4.68. The third-order valence-corrected chi connectivity index (χ3v) is 4.74. The van der Waals surface area contributed by atoms with E-state index in [-0.39, 0.29) is 5.82 Å². The lowest BCUT2D eigenvalue weighted by Crippen LogP contribution is -2.28. The summed E-state index contributed by atoms with van der Waals surface area (Å²) >= 11 is 7.46. The molecule has 0 saturated heterocycles. The Hall–Kier alpha value is -1.23. The summed E-state index contributed by atoms with van der Waals surface area (Å²) in [6.45, 7) is 1.83. The van der Waals surface area contributed by atoms with E-state index in [1.54, 1.807) is 12.1 Å². The largest absolute Gasteiger partial charge is 0.271 e. The van der Waals surface area contributed by atoms with Gasteiger partial charge in [0.1, 0.15) is 5.82 Å². The minimum absolute atomic E-state index is 0.215. The van der Waals surface area contributed by atoms with Crippen molar-refractivity contribution >= 4 is 35.1 Å². The van der Waals surface area contributed by atoms with Gasteiger partial charge in [0.25, 0.3) is 0 Å². The topological polar surface area (TPSA) is 6.48 Å². The number of alkyl halides is 1. The predicted molar refractivity (Wildman–Crippen MR) is 88.3 cm³/mol. The van der Waals surface area contributed by atoms with Crippen molar-refractivity contribution in [2.24, 2.45) is 0 Å². The van der Waals surface area contributed by atoms with E-state index in [1.807, 2.05) is 18.2 Å². The van der Waals surface area contributed by atoms with Gasteiger partial charge in [-0.1, -0.05) is 18.2 Å². The second kappa shape index (κ2) is 6.69. The second-order valence-electron chi connectivity index (χ2n) is 4.89. The van der Waals surface area contributed by atoms with Gasteiger partial charge >= 0.3 is 0 Å². The highest BCUT2D eigenvalue weighted by atomic mass is 35.5. The molecule has 2 aromatic carbocycles. The summed E-state index contributed by atoms with van der Waals surface area (Å²) in [5.41, 5.74) is 3.41. The number of nitrogens with zero attached hydrogens (tertiary/aromatic N) is 2. The molecular formula is C16H16ClFN2S. The van der Waals surface area contributed by atoms with E-state index in [0.29, 0.717) is 5.88 Å². The second-order valence-corrected chi connectivity index (χ2v) is 6.31. The SMILES string of the molecule is Fc1ccc(N2SN(CCCCl)Cc3ccccc32)cc1. The molecule has 3 rings (SSSR count). The van der Waals surface area contributed by atoms with Crippen LogP contribution in [-0.4, -0.2) is 16.7 Å².